The van der Waals surface area contributed by atoms with Gasteiger partial charge in [-0.25, -0.2) is 4.99 Å². The van der Waals surface area contributed by atoms with Crippen LogP contribution in [0.3, 0.4) is 0 Å². The third kappa shape index (κ3) is 2.25. The fourth-order valence-electron chi connectivity index (χ4n) is 4.05. The molecule has 4 nitrogen and oxygen atoms in total. The highest BCUT2D eigenvalue weighted by Crippen LogP contribution is 2.43. The molecule has 0 aromatic heterocycles. The lowest BCUT2D eigenvalue weighted by atomic mass is 9.88. The molecule has 3 atom stereocenters. The van der Waals surface area contributed by atoms with Crippen LogP contribution in [0.5, 0.6) is 0 Å². The van der Waals surface area contributed by atoms with E-state index in [0.29, 0.717) is 6.04 Å². The molecule has 2 heterocycles. The van der Waals surface area contributed by atoms with Gasteiger partial charge in [0.15, 0.2) is 0 Å². The Kier molecular flexibility index (Phi) is 3.68. The molecular weight excluding hydrogens is 296 g/mol. The number of benzene rings is 2. The molecule has 0 unspecified atom stereocenters. The van der Waals surface area contributed by atoms with Crippen molar-refractivity contribution >= 4 is 17.2 Å². The summed E-state index contributed by atoms with van der Waals surface area (Å²) in [5.41, 5.74) is 3.78. The van der Waals surface area contributed by atoms with E-state index in [9.17, 15) is 0 Å². The fraction of sp³-hybridized carbons (Fsp3) is 0.350. The first-order chi connectivity index (χ1) is 11.7. The summed E-state index contributed by atoms with van der Waals surface area (Å²) in [5, 5.41) is 3.65. The van der Waals surface area contributed by atoms with Crippen LogP contribution in [-0.4, -0.2) is 43.6 Å². The summed E-state index contributed by atoms with van der Waals surface area (Å²) in [6.07, 6.45) is 0.0856. The van der Waals surface area contributed by atoms with Crippen molar-refractivity contribution in [3.05, 3.63) is 60.2 Å². The van der Waals surface area contributed by atoms with Crippen molar-refractivity contribution in [3.63, 3.8) is 0 Å². The number of aliphatic imine (C=N–C) groups is 1. The van der Waals surface area contributed by atoms with Gasteiger partial charge in [0.05, 0.1) is 23.3 Å². The molecule has 4 rings (SSSR count). The summed E-state index contributed by atoms with van der Waals surface area (Å²) in [6.45, 7) is 3.20. The number of anilines is 2. The third-order valence-corrected chi connectivity index (χ3v) is 5.05. The van der Waals surface area contributed by atoms with E-state index >= 15 is 0 Å². The van der Waals surface area contributed by atoms with Crippen molar-refractivity contribution in [2.24, 2.45) is 4.99 Å². The molecule has 0 amide bonds. The summed E-state index contributed by atoms with van der Waals surface area (Å²) in [7, 11) is 4.19. The summed E-state index contributed by atoms with van der Waals surface area (Å²) in [4.78, 5) is 9.73. The van der Waals surface area contributed by atoms with Crippen LogP contribution in [0, 0.1) is 0 Å². The Balaban J connectivity index is 1.83. The number of rotatable bonds is 2. The first-order valence-electron chi connectivity index (χ1n) is 8.63. The Morgan fingerprint density at radius 1 is 1.04 bits per heavy atom. The Morgan fingerprint density at radius 3 is 2.46 bits per heavy atom. The van der Waals surface area contributed by atoms with Gasteiger partial charge in [0, 0.05) is 20.6 Å². The predicted octanol–water partition coefficient (Wildman–Crippen LogP) is 3.39. The summed E-state index contributed by atoms with van der Waals surface area (Å²) in [6, 6.07) is 19.6. The molecule has 0 fully saturated rings. The van der Waals surface area contributed by atoms with Crippen molar-refractivity contribution in [2.45, 2.75) is 25.0 Å². The Morgan fingerprint density at radius 2 is 1.75 bits per heavy atom. The van der Waals surface area contributed by atoms with Gasteiger partial charge in [-0.05, 0) is 24.6 Å². The van der Waals surface area contributed by atoms with Crippen LogP contribution in [0.2, 0.25) is 0 Å². The minimum atomic E-state index is 0.0856. The molecule has 0 spiro atoms. The highest BCUT2D eigenvalue weighted by Gasteiger charge is 2.46. The minimum Gasteiger partial charge on any atom is -0.366 e. The van der Waals surface area contributed by atoms with E-state index in [2.05, 4.69) is 90.7 Å². The van der Waals surface area contributed by atoms with Gasteiger partial charge in [-0.2, -0.15) is 0 Å². The van der Waals surface area contributed by atoms with E-state index in [4.69, 9.17) is 4.99 Å². The van der Waals surface area contributed by atoms with Gasteiger partial charge in [0.1, 0.15) is 12.0 Å². The molecule has 0 saturated carbocycles. The van der Waals surface area contributed by atoms with Gasteiger partial charge in [-0.3, -0.25) is 0 Å². The maximum absolute atomic E-state index is 5.05. The Bertz CT molecular complexity index is 753. The highest BCUT2D eigenvalue weighted by molar-refractivity contribution is 5.94. The molecule has 2 aromatic rings. The summed E-state index contributed by atoms with van der Waals surface area (Å²) < 4.78 is 0. The maximum atomic E-state index is 5.05. The van der Waals surface area contributed by atoms with Crippen molar-refractivity contribution < 1.29 is 0 Å². The lowest BCUT2D eigenvalue weighted by molar-refractivity contribution is 0.509. The SMILES string of the molecule is CCN1c2ccccc2N[C@H]2N=C(N(C)C)[C@@H](c3ccccc3)[C@@H]21. The number of hydrogen-bond acceptors (Lipinski definition) is 4. The van der Waals surface area contributed by atoms with Crippen LogP contribution in [0.4, 0.5) is 11.4 Å². The monoisotopic (exact) mass is 320 g/mol. The molecule has 0 radical (unpaired) electrons. The molecule has 124 valence electrons. The van der Waals surface area contributed by atoms with Gasteiger partial charge in [0.2, 0.25) is 0 Å². The summed E-state index contributed by atoms with van der Waals surface area (Å²) >= 11 is 0. The zero-order valence-electron chi connectivity index (χ0n) is 14.5. The number of amidine groups is 1. The number of fused-ring (bicyclic) bond motifs is 2. The molecule has 2 aliphatic heterocycles. The van der Waals surface area contributed by atoms with Crippen molar-refractivity contribution in [3.8, 4) is 0 Å². The molecule has 4 heteroatoms. The average molecular weight is 320 g/mol. The number of nitrogens with one attached hydrogen (secondary N) is 1. The summed E-state index contributed by atoms with van der Waals surface area (Å²) in [5.74, 6) is 1.42. The number of nitrogens with zero attached hydrogens (tertiary/aromatic N) is 3. The van der Waals surface area contributed by atoms with Crippen molar-refractivity contribution in [1.29, 1.82) is 0 Å². The Hall–Kier alpha value is -2.49. The normalized spacial score (nSPS) is 24.7. The van der Waals surface area contributed by atoms with Crippen LogP contribution in [0.25, 0.3) is 0 Å². The average Bonchev–Trinajstić information content (AvgIpc) is 2.99. The molecule has 2 aromatic carbocycles. The van der Waals surface area contributed by atoms with Crippen molar-refractivity contribution in [2.75, 3.05) is 30.9 Å². The fourth-order valence-corrected chi connectivity index (χ4v) is 4.05. The zero-order chi connectivity index (χ0) is 16.7. The second-order valence-corrected chi connectivity index (χ2v) is 6.65. The van der Waals surface area contributed by atoms with E-state index in [0.717, 1.165) is 12.4 Å². The molecule has 0 aliphatic carbocycles. The molecule has 0 saturated heterocycles. The van der Waals surface area contributed by atoms with E-state index < -0.39 is 0 Å². The quantitative estimate of drug-likeness (QED) is 0.920. The number of likely N-dealkylation sites (N-methyl/N-ethyl adjacent to an activating group) is 2. The van der Waals surface area contributed by atoms with E-state index in [1.807, 2.05) is 0 Å². The molecule has 2 aliphatic rings. The molecule has 0 bridgehead atoms. The second-order valence-electron chi connectivity index (χ2n) is 6.65. The largest absolute Gasteiger partial charge is 0.366 e. The number of hydrogen-bond donors (Lipinski definition) is 1. The van der Waals surface area contributed by atoms with E-state index in [1.54, 1.807) is 0 Å². The van der Waals surface area contributed by atoms with Crippen LogP contribution in [0.1, 0.15) is 18.4 Å². The number of para-hydroxylation sites is 2. The highest BCUT2D eigenvalue weighted by atomic mass is 15.3. The molecule has 24 heavy (non-hydrogen) atoms. The molecular formula is C20H24N4. The lowest BCUT2D eigenvalue weighted by Crippen LogP contribution is -2.51. The van der Waals surface area contributed by atoms with Crippen LogP contribution in [-0.2, 0) is 0 Å². The maximum Gasteiger partial charge on any atom is 0.142 e. The van der Waals surface area contributed by atoms with E-state index in [1.165, 1.54) is 16.9 Å². The van der Waals surface area contributed by atoms with Gasteiger partial charge in [0.25, 0.3) is 0 Å². The van der Waals surface area contributed by atoms with Gasteiger partial charge < -0.3 is 15.1 Å². The zero-order valence-corrected chi connectivity index (χ0v) is 14.5. The van der Waals surface area contributed by atoms with Crippen LogP contribution < -0.4 is 10.2 Å². The van der Waals surface area contributed by atoms with Gasteiger partial charge in [-0.15, -0.1) is 0 Å². The standard InChI is InChI=1S/C20H24N4/c1-4-24-16-13-9-8-12-15(16)21-19-18(24)17(20(22-19)23(2)3)14-10-6-5-7-11-14/h5-13,17-19,21H,4H2,1-3H3/t17-,18-,19-/m0/s1. The van der Waals surface area contributed by atoms with E-state index in [-0.39, 0.29) is 12.1 Å². The van der Waals surface area contributed by atoms with Crippen molar-refractivity contribution in [1.82, 2.24) is 4.90 Å². The lowest BCUT2D eigenvalue weighted by Gasteiger charge is -2.42. The third-order valence-electron chi connectivity index (χ3n) is 5.05. The van der Waals surface area contributed by atoms with Gasteiger partial charge in [-0.1, -0.05) is 42.5 Å². The predicted molar refractivity (Wildman–Crippen MR) is 101 cm³/mol. The minimum absolute atomic E-state index is 0.0856. The Labute approximate surface area is 143 Å². The molecule has 1 N–H and O–H groups in total. The topological polar surface area (TPSA) is 30.9 Å². The first-order valence-corrected chi connectivity index (χ1v) is 8.63. The van der Waals surface area contributed by atoms with Gasteiger partial charge >= 0.3 is 0 Å². The second kappa shape index (κ2) is 5.86. The van der Waals surface area contributed by atoms with Crippen LogP contribution in [0.15, 0.2) is 59.6 Å². The first kappa shape index (κ1) is 15.1. The van der Waals surface area contributed by atoms with Crippen LogP contribution >= 0.6 is 0 Å². The smallest absolute Gasteiger partial charge is 0.142 e.